The average Bonchev–Trinajstić information content (AvgIpc) is 3.16. The molecule has 0 saturated heterocycles. The molecule has 0 saturated carbocycles. The van der Waals surface area contributed by atoms with E-state index < -0.39 is 0 Å². The van der Waals surface area contributed by atoms with Crippen molar-refractivity contribution in [2.75, 3.05) is 7.11 Å². The minimum absolute atomic E-state index is 0.121. The van der Waals surface area contributed by atoms with E-state index in [0.717, 1.165) is 44.8 Å². The van der Waals surface area contributed by atoms with Crippen LogP contribution in [0.4, 0.5) is 0 Å². The summed E-state index contributed by atoms with van der Waals surface area (Å²) in [5, 5.41) is 7.30. The first kappa shape index (κ1) is 23.9. The van der Waals surface area contributed by atoms with Crippen molar-refractivity contribution in [3.8, 4) is 28.4 Å². The first-order valence-corrected chi connectivity index (χ1v) is 11.2. The molecule has 4 rings (SSSR count). The fraction of sp³-hybridized carbons (Fsp3) is 0.269. The van der Waals surface area contributed by atoms with Crippen molar-refractivity contribution >= 4 is 5.91 Å². The number of hydrogen-bond donors (Lipinski definition) is 2. The van der Waals surface area contributed by atoms with E-state index in [1.54, 1.807) is 23.3 Å². The van der Waals surface area contributed by atoms with Gasteiger partial charge in [0.1, 0.15) is 0 Å². The van der Waals surface area contributed by atoms with Crippen LogP contribution in [0.2, 0.25) is 0 Å². The van der Waals surface area contributed by atoms with E-state index in [1.165, 1.54) is 7.11 Å². The Morgan fingerprint density at radius 2 is 1.74 bits per heavy atom. The number of amides is 1. The van der Waals surface area contributed by atoms with Crippen molar-refractivity contribution in [3.63, 3.8) is 0 Å². The molecule has 1 amide bonds. The topological polar surface area (TPSA) is 115 Å². The van der Waals surface area contributed by atoms with Crippen molar-refractivity contribution in [1.29, 1.82) is 0 Å². The molecule has 0 spiro atoms. The van der Waals surface area contributed by atoms with Gasteiger partial charge in [-0.15, -0.1) is 0 Å². The monoisotopic (exact) mass is 472 g/mol. The number of carbonyl (C=O) groups excluding carboxylic acids is 1. The van der Waals surface area contributed by atoms with Crippen molar-refractivity contribution in [2.24, 2.45) is 7.05 Å². The van der Waals surface area contributed by atoms with Gasteiger partial charge in [-0.25, -0.2) is 9.97 Å². The zero-order valence-electron chi connectivity index (χ0n) is 20.7. The summed E-state index contributed by atoms with van der Waals surface area (Å²) in [6.45, 7) is 7.71. The highest BCUT2D eigenvalue weighted by atomic mass is 16.5. The number of pyridine rings is 1. The number of benzene rings is 1. The minimum Gasteiger partial charge on any atom is -0.467 e. The molecule has 0 atom stereocenters. The van der Waals surface area contributed by atoms with Crippen LogP contribution in [0, 0.1) is 27.7 Å². The number of nitrogens with zero attached hydrogens (tertiary/aromatic N) is 4. The largest absolute Gasteiger partial charge is 0.467 e. The predicted octanol–water partition coefficient (Wildman–Crippen LogP) is 3.40. The summed E-state index contributed by atoms with van der Waals surface area (Å²) in [6, 6.07) is 5.98. The Bertz CT molecular complexity index is 1450. The van der Waals surface area contributed by atoms with Crippen LogP contribution in [0.1, 0.15) is 38.3 Å². The van der Waals surface area contributed by atoms with E-state index in [2.05, 4.69) is 25.4 Å². The van der Waals surface area contributed by atoms with E-state index in [0.29, 0.717) is 11.1 Å². The Morgan fingerprint density at radius 1 is 1.03 bits per heavy atom. The maximum absolute atomic E-state index is 13.4. The number of hydrogen-bond acceptors (Lipinski definition) is 6. The first-order chi connectivity index (χ1) is 16.7. The van der Waals surface area contributed by atoms with Crippen LogP contribution in [-0.2, 0) is 13.6 Å². The van der Waals surface area contributed by atoms with Crippen molar-refractivity contribution in [1.82, 2.24) is 30.0 Å². The average molecular weight is 473 g/mol. The summed E-state index contributed by atoms with van der Waals surface area (Å²) in [7, 11) is 3.38. The summed E-state index contributed by atoms with van der Waals surface area (Å²) < 4.78 is 6.87. The smallest absolute Gasteiger partial charge is 0.316 e. The molecule has 1 aromatic carbocycles. The number of H-pyrrole nitrogens is 1. The molecule has 0 aliphatic heterocycles. The SMILES string of the molecule is COc1ncc(-c2cc(C(=O)NCc3c(C)cc(C)[nH]c3=O)c(C)c(-c3c(C)cnn3C)c2)cn1. The molecule has 4 aromatic rings. The highest BCUT2D eigenvalue weighted by Gasteiger charge is 2.20. The Kier molecular flexibility index (Phi) is 6.50. The van der Waals surface area contributed by atoms with Crippen LogP contribution in [0.25, 0.3) is 22.4 Å². The van der Waals surface area contributed by atoms with Crippen molar-refractivity contribution in [2.45, 2.75) is 34.2 Å². The Balaban J connectivity index is 1.78. The third kappa shape index (κ3) is 4.70. The molecule has 0 bridgehead atoms. The third-order valence-electron chi connectivity index (χ3n) is 6.09. The number of rotatable bonds is 6. The number of aromatic amines is 1. The van der Waals surface area contributed by atoms with Crippen molar-refractivity contribution < 1.29 is 9.53 Å². The summed E-state index contributed by atoms with van der Waals surface area (Å²) >= 11 is 0. The third-order valence-corrected chi connectivity index (χ3v) is 6.09. The molecule has 9 heteroatoms. The van der Waals surface area contributed by atoms with Crippen molar-refractivity contribution in [3.05, 3.63) is 80.7 Å². The molecule has 3 heterocycles. The van der Waals surface area contributed by atoms with Gasteiger partial charge in [-0.05, 0) is 68.1 Å². The number of ether oxygens (including phenoxy) is 1. The zero-order chi connectivity index (χ0) is 25.3. The summed E-state index contributed by atoms with van der Waals surface area (Å²) in [4.78, 5) is 37.0. The van der Waals surface area contributed by atoms with Gasteiger partial charge in [-0.3, -0.25) is 14.3 Å². The summed E-state index contributed by atoms with van der Waals surface area (Å²) in [6.07, 6.45) is 5.12. The van der Waals surface area contributed by atoms with Gasteiger partial charge in [-0.1, -0.05) is 0 Å². The Hall–Kier alpha value is -4.27. The fourth-order valence-corrected chi connectivity index (χ4v) is 4.23. The van der Waals surface area contributed by atoms with Crippen LogP contribution < -0.4 is 15.6 Å². The molecule has 0 aliphatic carbocycles. The molecular formula is C26H28N6O3. The normalized spacial score (nSPS) is 10.9. The summed E-state index contributed by atoms with van der Waals surface area (Å²) in [5.74, 6) is -0.278. The van der Waals surface area contributed by atoms with E-state index >= 15 is 0 Å². The highest BCUT2D eigenvalue weighted by molar-refractivity contribution is 5.99. The van der Waals surface area contributed by atoms with Crippen LogP contribution >= 0.6 is 0 Å². The molecule has 0 fully saturated rings. The molecule has 2 N–H and O–H groups in total. The number of carbonyl (C=O) groups is 1. The van der Waals surface area contributed by atoms with E-state index in [4.69, 9.17) is 4.74 Å². The standard InChI is InChI=1S/C26H28N6O3/c1-14-7-16(3)31-25(34)22(14)13-27-24(33)21-9-18(19-11-28-26(35-6)29-12-19)8-20(17(21)4)23-15(2)10-30-32(23)5/h7-12H,13H2,1-6H3,(H,27,33)(H,31,34). The molecule has 0 unspecified atom stereocenters. The Labute approximate surface area is 203 Å². The van der Waals surface area contributed by atoms with E-state index in [-0.39, 0.29) is 24.0 Å². The maximum atomic E-state index is 13.4. The molecule has 3 aromatic heterocycles. The number of aryl methyl sites for hydroxylation is 4. The van der Waals surface area contributed by atoms with Gasteiger partial charge in [0, 0.05) is 53.9 Å². The van der Waals surface area contributed by atoms with Gasteiger partial charge in [0.15, 0.2) is 0 Å². The zero-order valence-corrected chi connectivity index (χ0v) is 20.7. The highest BCUT2D eigenvalue weighted by Crippen LogP contribution is 2.33. The Morgan fingerprint density at radius 3 is 2.34 bits per heavy atom. The second-order valence-corrected chi connectivity index (χ2v) is 8.58. The number of aromatic nitrogens is 5. The molecule has 9 nitrogen and oxygen atoms in total. The minimum atomic E-state index is -0.278. The molecule has 0 aliphatic rings. The van der Waals surface area contributed by atoms with Gasteiger partial charge in [-0.2, -0.15) is 5.10 Å². The van der Waals surface area contributed by atoms with E-state index in [1.807, 2.05) is 52.9 Å². The van der Waals surface area contributed by atoms with Gasteiger partial charge < -0.3 is 15.0 Å². The maximum Gasteiger partial charge on any atom is 0.316 e. The second kappa shape index (κ2) is 9.54. The van der Waals surface area contributed by atoms with Crippen LogP contribution in [0.5, 0.6) is 6.01 Å². The van der Waals surface area contributed by atoms with Crippen LogP contribution in [0.15, 0.2) is 41.6 Å². The predicted molar refractivity (Wildman–Crippen MR) is 133 cm³/mol. The molecule has 180 valence electrons. The summed E-state index contributed by atoms with van der Waals surface area (Å²) in [5.41, 5.74) is 7.56. The quantitative estimate of drug-likeness (QED) is 0.444. The lowest BCUT2D eigenvalue weighted by Crippen LogP contribution is -2.28. The van der Waals surface area contributed by atoms with Gasteiger partial charge in [0.2, 0.25) is 0 Å². The second-order valence-electron chi connectivity index (χ2n) is 8.58. The molecule has 0 radical (unpaired) electrons. The first-order valence-electron chi connectivity index (χ1n) is 11.2. The van der Waals surface area contributed by atoms with Crippen LogP contribution in [0.3, 0.4) is 0 Å². The molecular weight excluding hydrogens is 444 g/mol. The number of nitrogens with one attached hydrogen (secondary N) is 2. The van der Waals surface area contributed by atoms with Gasteiger partial charge >= 0.3 is 6.01 Å². The lowest BCUT2D eigenvalue weighted by atomic mass is 9.92. The van der Waals surface area contributed by atoms with Crippen LogP contribution in [-0.4, -0.2) is 37.7 Å². The fourth-order valence-electron chi connectivity index (χ4n) is 4.23. The van der Waals surface area contributed by atoms with Gasteiger partial charge in [0.25, 0.3) is 11.5 Å². The lowest BCUT2D eigenvalue weighted by Gasteiger charge is -2.16. The number of methoxy groups -OCH3 is 1. The molecule has 35 heavy (non-hydrogen) atoms. The van der Waals surface area contributed by atoms with Gasteiger partial charge in [0.05, 0.1) is 19.0 Å². The van der Waals surface area contributed by atoms with E-state index in [9.17, 15) is 9.59 Å². The lowest BCUT2D eigenvalue weighted by molar-refractivity contribution is 0.0950.